The quantitative estimate of drug-likeness (QED) is 0.917. The van der Waals surface area contributed by atoms with Crippen LogP contribution in [0.5, 0.6) is 0 Å². The van der Waals surface area contributed by atoms with Crippen LogP contribution in [0.2, 0.25) is 0 Å². The van der Waals surface area contributed by atoms with Gasteiger partial charge in [-0.2, -0.15) is 0 Å². The molecule has 0 atom stereocenters. The number of rotatable bonds is 3. The fourth-order valence-corrected chi connectivity index (χ4v) is 1.77. The van der Waals surface area contributed by atoms with E-state index in [4.69, 9.17) is 0 Å². The number of nitrogens with one attached hydrogen (secondary N) is 1. The Bertz CT molecular complexity index is 544. The maximum atomic E-state index is 4.68. The molecule has 100 valence electrons. The second kappa shape index (κ2) is 5.34. The molecular weight excluding hydrogens is 236 g/mol. The normalized spacial score (nSPS) is 11.4. The molecule has 0 aliphatic carbocycles. The predicted molar refractivity (Wildman–Crippen MR) is 77.3 cm³/mol. The van der Waals surface area contributed by atoms with Crippen molar-refractivity contribution < 1.29 is 0 Å². The van der Waals surface area contributed by atoms with E-state index in [1.807, 2.05) is 25.2 Å². The first-order valence-corrected chi connectivity index (χ1v) is 6.44. The van der Waals surface area contributed by atoms with Crippen LogP contribution < -0.4 is 5.32 Å². The van der Waals surface area contributed by atoms with Crippen molar-refractivity contribution in [2.75, 3.05) is 12.4 Å². The summed E-state index contributed by atoms with van der Waals surface area (Å²) in [5.41, 5.74) is 2.24. The highest BCUT2D eigenvalue weighted by atomic mass is 15.0. The van der Waals surface area contributed by atoms with Gasteiger partial charge >= 0.3 is 0 Å². The van der Waals surface area contributed by atoms with E-state index in [-0.39, 0.29) is 5.41 Å². The SMILES string of the molecule is CNc1cc(C(C)(C)C)nc(Cc2ccncc2)n1. The molecule has 0 unspecified atom stereocenters. The maximum Gasteiger partial charge on any atom is 0.135 e. The fourth-order valence-electron chi connectivity index (χ4n) is 1.77. The van der Waals surface area contributed by atoms with Crippen LogP contribution in [-0.2, 0) is 11.8 Å². The molecule has 0 fully saturated rings. The summed E-state index contributed by atoms with van der Waals surface area (Å²) in [5, 5.41) is 3.10. The summed E-state index contributed by atoms with van der Waals surface area (Å²) in [6.45, 7) is 6.47. The number of hydrogen-bond acceptors (Lipinski definition) is 4. The monoisotopic (exact) mass is 256 g/mol. The number of pyridine rings is 1. The minimum absolute atomic E-state index is 0.0154. The van der Waals surface area contributed by atoms with E-state index in [9.17, 15) is 0 Å². The van der Waals surface area contributed by atoms with Crippen LogP contribution in [0.3, 0.4) is 0 Å². The summed E-state index contributed by atoms with van der Waals surface area (Å²) >= 11 is 0. The molecule has 0 bridgehead atoms. The minimum Gasteiger partial charge on any atom is -0.373 e. The first-order chi connectivity index (χ1) is 8.99. The van der Waals surface area contributed by atoms with Crippen LogP contribution in [0.15, 0.2) is 30.6 Å². The van der Waals surface area contributed by atoms with Crippen LogP contribution in [-0.4, -0.2) is 22.0 Å². The number of anilines is 1. The third-order valence-corrected chi connectivity index (χ3v) is 2.91. The highest BCUT2D eigenvalue weighted by Crippen LogP contribution is 2.22. The Morgan fingerprint density at radius 2 is 1.79 bits per heavy atom. The van der Waals surface area contributed by atoms with Gasteiger partial charge in [-0.3, -0.25) is 4.98 Å². The molecule has 0 aromatic carbocycles. The first kappa shape index (κ1) is 13.5. The molecule has 1 N–H and O–H groups in total. The molecule has 0 saturated heterocycles. The van der Waals surface area contributed by atoms with E-state index < -0.39 is 0 Å². The Balaban J connectivity index is 2.35. The topological polar surface area (TPSA) is 50.7 Å². The van der Waals surface area contributed by atoms with Crippen molar-refractivity contribution in [1.82, 2.24) is 15.0 Å². The molecule has 2 aromatic heterocycles. The van der Waals surface area contributed by atoms with Gasteiger partial charge in [-0.1, -0.05) is 20.8 Å². The van der Waals surface area contributed by atoms with Gasteiger partial charge in [0, 0.05) is 37.3 Å². The largest absolute Gasteiger partial charge is 0.373 e. The molecule has 2 heterocycles. The Hall–Kier alpha value is -1.97. The lowest BCUT2D eigenvalue weighted by Gasteiger charge is -2.19. The van der Waals surface area contributed by atoms with Crippen molar-refractivity contribution in [3.63, 3.8) is 0 Å². The minimum atomic E-state index is 0.0154. The Morgan fingerprint density at radius 1 is 1.11 bits per heavy atom. The van der Waals surface area contributed by atoms with Crippen LogP contribution in [0.1, 0.15) is 37.9 Å². The average Bonchev–Trinajstić information content (AvgIpc) is 2.38. The molecule has 4 nitrogen and oxygen atoms in total. The Labute approximate surface area is 114 Å². The second-order valence-corrected chi connectivity index (χ2v) is 5.59. The highest BCUT2D eigenvalue weighted by Gasteiger charge is 2.17. The lowest BCUT2D eigenvalue weighted by molar-refractivity contribution is 0.563. The van der Waals surface area contributed by atoms with E-state index in [0.29, 0.717) is 0 Å². The number of nitrogens with zero attached hydrogens (tertiary/aromatic N) is 3. The number of aromatic nitrogens is 3. The van der Waals surface area contributed by atoms with Gasteiger partial charge in [-0.05, 0) is 17.7 Å². The standard InChI is InChI=1S/C15H20N4/c1-15(2,3)12-10-13(16-4)19-14(18-12)9-11-5-7-17-8-6-11/h5-8,10H,9H2,1-4H3,(H,16,18,19). The molecule has 19 heavy (non-hydrogen) atoms. The zero-order valence-corrected chi connectivity index (χ0v) is 11.9. The summed E-state index contributed by atoms with van der Waals surface area (Å²) in [4.78, 5) is 13.2. The summed E-state index contributed by atoms with van der Waals surface area (Å²) < 4.78 is 0. The van der Waals surface area contributed by atoms with Crippen molar-refractivity contribution >= 4 is 5.82 Å². The van der Waals surface area contributed by atoms with E-state index in [0.717, 1.165) is 23.8 Å². The van der Waals surface area contributed by atoms with Crippen LogP contribution in [0.4, 0.5) is 5.82 Å². The molecule has 4 heteroatoms. The summed E-state index contributed by atoms with van der Waals surface area (Å²) in [6, 6.07) is 5.99. The first-order valence-electron chi connectivity index (χ1n) is 6.44. The van der Waals surface area contributed by atoms with Crippen molar-refractivity contribution in [1.29, 1.82) is 0 Å². The maximum absolute atomic E-state index is 4.68. The van der Waals surface area contributed by atoms with E-state index in [1.54, 1.807) is 12.4 Å². The molecular formula is C15H20N4. The Kier molecular flexibility index (Phi) is 3.79. The zero-order valence-electron chi connectivity index (χ0n) is 11.9. The summed E-state index contributed by atoms with van der Waals surface area (Å²) in [5.74, 6) is 1.70. The Morgan fingerprint density at radius 3 is 2.37 bits per heavy atom. The van der Waals surface area contributed by atoms with Crippen LogP contribution in [0, 0.1) is 0 Å². The summed E-state index contributed by atoms with van der Waals surface area (Å²) in [7, 11) is 1.88. The average molecular weight is 256 g/mol. The lowest BCUT2D eigenvalue weighted by atomic mass is 9.92. The van der Waals surface area contributed by atoms with Gasteiger partial charge < -0.3 is 5.32 Å². The van der Waals surface area contributed by atoms with Gasteiger partial charge in [-0.15, -0.1) is 0 Å². The molecule has 2 aromatic rings. The van der Waals surface area contributed by atoms with Crippen LogP contribution in [0.25, 0.3) is 0 Å². The predicted octanol–water partition coefficient (Wildman–Crippen LogP) is 2.80. The van der Waals surface area contributed by atoms with E-state index in [1.165, 1.54) is 5.56 Å². The molecule has 0 radical (unpaired) electrons. The highest BCUT2D eigenvalue weighted by molar-refractivity contribution is 5.37. The van der Waals surface area contributed by atoms with Gasteiger partial charge in [0.2, 0.25) is 0 Å². The smallest absolute Gasteiger partial charge is 0.135 e. The third kappa shape index (κ3) is 3.50. The summed E-state index contributed by atoms with van der Waals surface area (Å²) in [6.07, 6.45) is 4.31. The lowest BCUT2D eigenvalue weighted by Crippen LogP contribution is -2.16. The zero-order chi connectivity index (χ0) is 13.9. The molecule has 0 spiro atoms. The van der Waals surface area contributed by atoms with Gasteiger partial charge in [0.05, 0.1) is 5.69 Å². The molecule has 2 rings (SSSR count). The van der Waals surface area contributed by atoms with Crippen molar-refractivity contribution in [2.24, 2.45) is 0 Å². The van der Waals surface area contributed by atoms with Crippen molar-refractivity contribution in [3.8, 4) is 0 Å². The van der Waals surface area contributed by atoms with E-state index in [2.05, 4.69) is 41.0 Å². The van der Waals surface area contributed by atoms with Crippen molar-refractivity contribution in [2.45, 2.75) is 32.6 Å². The number of hydrogen-bond donors (Lipinski definition) is 1. The fraction of sp³-hybridized carbons (Fsp3) is 0.400. The van der Waals surface area contributed by atoms with Gasteiger partial charge in [0.1, 0.15) is 11.6 Å². The van der Waals surface area contributed by atoms with E-state index >= 15 is 0 Å². The molecule has 0 amide bonds. The van der Waals surface area contributed by atoms with Crippen LogP contribution >= 0.6 is 0 Å². The second-order valence-electron chi connectivity index (χ2n) is 5.59. The van der Waals surface area contributed by atoms with Gasteiger partial charge in [0.25, 0.3) is 0 Å². The molecule has 0 saturated carbocycles. The molecule has 0 aliphatic heterocycles. The van der Waals surface area contributed by atoms with Crippen molar-refractivity contribution in [3.05, 3.63) is 47.7 Å². The van der Waals surface area contributed by atoms with Gasteiger partial charge in [0.15, 0.2) is 0 Å². The third-order valence-electron chi connectivity index (χ3n) is 2.91. The molecule has 0 aliphatic rings. The van der Waals surface area contributed by atoms with Gasteiger partial charge in [-0.25, -0.2) is 9.97 Å².